The third kappa shape index (κ3) is 2.30. The average molecular weight is 297 g/mol. The van der Waals surface area contributed by atoms with Crippen molar-refractivity contribution in [1.82, 2.24) is 5.32 Å². The van der Waals surface area contributed by atoms with Gasteiger partial charge < -0.3 is 18.9 Å². The zero-order valence-corrected chi connectivity index (χ0v) is 12.8. The Balaban J connectivity index is 2.21. The number of carbonyl (C=O) groups is 1. The van der Waals surface area contributed by atoms with Crippen molar-refractivity contribution < 1.29 is 13.6 Å². The highest BCUT2D eigenvalue weighted by molar-refractivity contribution is 6.06. The third-order valence-corrected chi connectivity index (χ3v) is 4.08. The molecule has 3 aromatic rings. The number of benzene rings is 1. The van der Waals surface area contributed by atoms with Gasteiger partial charge in [0.25, 0.3) is 0 Å². The Morgan fingerprint density at radius 1 is 1.41 bits per heavy atom. The number of furan rings is 2. The summed E-state index contributed by atoms with van der Waals surface area (Å²) in [6, 6.07) is 5.86. The van der Waals surface area contributed by atoms with E-state index in [4.69, 9.17) is 8.83 Å². The van der Waals surface area contributed by atoms with Crippen molar-refractivity contribution in [3.8, 4) is 0 Å². The summed E-state index contributed by atoms with van der Waals surface area (Å²) in [4.78, 5) is 10.8. The molecule has 0 amide bonds. The molecule has 3 rings (SSSR count). The van der Waals surface area contributed by atoms with Crippen molar-refractivity contribution in [3.63, 3.8) is 0 Å². The van der Waals surface area contributed by atoms with Gasteiger partial charge in [-0.1, -0.05) is 6.58 Å². The Bertz CT molecular complexity index is 841. The molecule has 0 bridgehead atoms. The number of hydrogen-bond acceptors (Lipinski definition) is 4. The van der Waals surface area contributed by atoms with Crippen molar-refractivity contribution >= 4 is 28.2 Å². The summed E-state index contributed by atoms with van der Waals surface area (Å²) in [5.41, 5.74) is 3.59. The first-order valence-corrected chi connectivity index (χ1v) is 7.36. The van der Waals surface area contributed by atoms with E-state index in [0.717, 1.165) is 45.2 Å². The summed E-state index contributed by atoms with van der Waals surface area (Å²) in [7, 11) is 1.84. The number of fused-ring (bicyclic) bond motifs is 3. The van der Waals surface area contributed by atoms with E-state index in [1.165, 1.54) is 0 Å². The molecule has 114 valence electrons. The molecule has 0 spiro atoms. The molecular weight excluding hydrogens is 278 g/mol. The summed E-state index contributed by atoms with van der Waals surface area (Å²) < 4.78 is 11.4. The SMILES string of the molecule is C=C(NC)C(CCC=O)c1coc2ccc3oc(C)cc3c12. The Hall–Kier alpha value is -2.49. The quantitative estimate of drug-likeness (QED) is 0.690. The topological polar surface area (TPSA) is 55.4 Å². The number of likely N-dealkylation sites (N-methyl/N-ethyl adjacent to an activating group) is 1. The van der Waals surface area contributed by atoms with E-state index in [-0.39, 0.29) is 5.92 Å². The molecule has 1 unspecified atom stereocenters. The van der Waals surface area contributed by atoms with Crippen molar-refractivity contribution in [2.24, 2.45) is 0 Å². The number of aldehydes is 1. The molecule has 4 nitrogen and oxygen atoms in total. The van der Waals surface area contributed by atoms with Crippen LogP contribution in [0, 0.1) is 6.92 Å². The van der Waals surface area contributed by atoms with E-state index in [1.807, 2.05) is 32.2 Å². The van der Waals surface area contributed by atoms with Crippen LogP contribution in [-0.4, -0.2) is 13.3 Å². The van der Waals surface area contributed by atoms with Gasteiger partial charge in [0.1, 0.15) is 23.2 Å². The second-order valence-electron chi connectivity index (χ2n) is 5.47. The molecule has 0 saturated carbocycles. The minimum absolute atomic E-state index is 0.0252. The summed E-state index contributed by atoms with van der Waals surface area (Å²) in [5, 5.41) is 5.19. The smallest absolute Gasteiger partial charge is 0.135 e. The van der Waals surface area contributed by atoms with Crippen molar-refractivity contribution in [2.45, 2.75) is 25.7 Å². The average Bonchev–Trinajstić information content (AvgIpc) is 3.09. The predicted molar refractivity (Wildman–Crippen MR) is 87.0 cm³/mol. The molecule has 0 radical (unpaired) electrons. The minimum atomic E-state index is 0.0252. The van der Waals surface area contributed by atoms with E-state index in [9.17, 15) is 4.79 Å². The van der Waals surface area contributed by atoms with Gasteiger partial charge >= 0.3 is 0 Å². The first kappa shape index (κ1) is 14.4. The highest BCUT2D eigenvalue weighted by Crippen LogP contribution is 2.38. The summed E-state index contributed by atoms with van der Waals surface area (Å²) in [5.74, 6) is 0.892. The normalized spacial score (nSPS) is 12.6. The molecule has 22 heavy (non-hydrogen) atoms. The van der Waals surface area contributed by atoms with Crippen LogP contribution in [0.3, 0.4) is 0 Å². The standard InChI is InChI=1S/C18H19NO3/c1-11-9-14-16(22-11)6-7-17-18(14)15(10-21-17)13(5-4-8-20)12(2)19-3/h6-10,13,19H,2,4-5H2,1,3H3. The minimum Gasteiger partial charge on any atom is -0.464 e. The van der Waals surface area contributed by atoms with Crippen LogP contribution < -0.4 is 5.32 Å². The molecule has 1 atom stereocenters. The van der Waals surface area contributed by atoms with Crippen molar-refractivity contribution in [1.29, 1.82) is 0 Å². The number of hydrogen-bond donors (Lipinski definition) is 1. The van der Waals surface area contributed by atoms with Gasteiger partial charge in [-0.15, -0.1) is 0 Å². The molecule has 0 aliphatic carbocycles. The van der Waals surface area contributed by atoms with E-state index in [2.05, 4.69) is 11.9 Å². The van der Waals surface area contributed by atoms with Gasteiger partial charge in [-0.2, -0.15) is 0 Å². The number of nitrogens with one attached hydrogen (secondary N) is 1. The lowest BCUT2D eigenvalue weighted by atomic mass is 9.90. The largest absolute Gasteiger partial charge is 0.464 e. The van der Waals surface area contributed by atoms with E-state index >= 15 is 0 Å². The third-order valence-electron chi connectivity index (χ3n) is 4.08. The molecule has 0 aliphatic heterocycles. The maximum atomic E-state index is 10.8. The molecule has 0 saturated heterocycles. The predicted octanol–water partition coefficient (Wildman–Crippen LogP) is 4.28. The summed E-state index contributed by atoms with van der Waals surface area (Å²) in [6.45, 7) is 6.01. The lowest BCUT2D eigenvalue weighted by molar-refractivity contribution is -0.107. The molecule has 1 N–H and O–H groups in total. The molecular formula is C18H19NO3. The fourth-order valence-electron chi connectivity index (χ4n) is 2.98. The van der Waals surface area contributed by atoms with E-state index in [0.29, 0.717) is 12.8 Å². The van der Waals surface area contributed by atoms with Gasteiger partial charge in [0.15, 0.2) is 0 Å². The first-order valence-electron chi connectivity index (χ1n) is 7.36. The Labute approximate surface area is 128 Å². The zero-order valence-electron chi connectivity index (χ0n) is 12.8. The van der Waals surface area contributed by atoms with E-state index < -0.39 is 0 Å². The number of aryl methyl sites for hydroxylation is 1. The van der Waals surface area contributed by atoms with Crippen molar-refractivity contribution in [2.75, 3.05) is 7.05 Å². The highest BCUT2D eigenvalue weighted by atomic mass is 16.3. The molecule has 4 heteroatoms. The zero-order chi connectivity index (χ0) is 15.7. The maximum absolute atomic E-state index is 10.8. The lowest BCUT2D eigenvalue weighted by Gasteiger charge is -2.17. The van der Waals surface area contributed by atoms with Crippen LogP contribution >= 0.6 is 0 Å². The van der Waals surface area contributed by atoms with Gasteiger partial charge in [-0.05, 0) is 31.5 Å². The number of carbonyl (C=O) groups excluding carboxylic acids is 1. The van der Waals surface area contributed by atoms with Crippen LogP contribution in [0.5, 0.6) is 0 Å². The molecule has 0 fully saturated rings. The summed E-state index contributed by atoms with van der Waals surface area (Å²) in [6.07, 6.45) is 3.89. The highest BCUT2D eigenvalue weighted by Gasteiger charge is 2.21. The van der Waals surface area contributed by atoms with Gasteiger partial charge in [0.2, 0.25) is 0 Å². The maximum Gasteiger partial charge on any atom is 0.135 e. The monoisotopic (exact) mass is 297 g/mol. The van der Waals surface area contributed by atoms with Gasteiger partial charge in [0, 0.05) is 41.4 Å². The molecule has 2 aromatic heterocycles. The Kier molecular flexibility index (Phi) is 3.75. The Morgan fingerprint density at radius 2 is 2.18 bits per heavy atom. The van der Waals surface area contributed by atoms with Crippen molar-refractivity contribution in [3.05, 3.63) is 48.1 Å². The van der Waals surface area contributed by atoms with Gasteiger partial charge in [-0.25, -0.2) is 0 Å². The number of allylic oxidation sites excluding steroid dienone is 1. The van der Waals surface area contributed by atoms with Crippen LogP contribution in [0.4, 0.5) is 0 Å². The fraction of sp³-hybridized carbons (Fsp3) is 0.278. The second-order valence-corrected chi connectivity index (χ2v) is 5.47. The van der Waals surface area contributed by atoms with Crippen LogP contribution in [0.15, 0.2) is 45.6 Å². The lowest BCUT2D eigenvalue weighted by Crippen LogP contribution is -2.14. The molecule has 1 aromatic carbocycles. The van der Waals surface area contributed by atoms with Crippen LogP contribution in [0.2, 0.25) is 0 Å². The van der Waals surface area contributed by atoms with Gasteiger partial charge in [0.05, 0.1) is 6.26 Å². The van der Waals surface area contributed by atoms with Crippen LogP contribution in [0.1, 0.15) is 30.1 Å². The Morgan fingerprint density at radius 3 is 2.91 bits per heavy atom. The van der Waals surface area contributed by atoms with Crippen LogP contribution in [0.25, 0.3) is 21.9 Å². The van der Waals surface area contributed by atoms with Gasteiger partial charge in [-0.3, -0.25) is 0 Å². The molecule has 0 aliphatic rings. The molecule has 2 heterocycles. The first-order chi connectivity index (χ1) is 10.7. The summed E-state index contributed by atoms with van der Waals surface area (Å²) >= 11 is 0. The van der Waals surface area contributed by atoms with E-state index in [1.54, 1.807) is 6.26 Å². The fourth-order valence-corrected chi connectivity index (χ4v) is 2.98. The van der Waals surface area contributed by atoms with Crippen LogP contribution in [-0.2, 0) is 4.79 Å². The second kappa shape index (κ2) is 5.72. The number of rotatable bonds is 6.